The van der Waals surface area contributed by atoms with Crippen LogP contribution in [0.3, 0.4) is 0 Å². The van der Waals surface area contributed by atoms with Crippen LogP contribution in [0.25, 0.3) is 11.3 Å². The first kappa shape index (κ1) is 18.1. The maximum absolute atomic E-state index is 13.4. The highest BCUT2D eigenvalue weighted by atomic mass is 32.1. The van der Waals surface area contributed by atoms with E-state index in [2.05, 4.69) is 16.4 Å². The van der Waals surface area contributed by atoms with Crippen LogP contribution in [0.2, 0.25) is 0 Å². The molecule has 6 heteroatoms. The summed E-state index contributed by atoms with van der Waals surface area (Å²) in [6, 6.07) is 13.4. The van der Waals surface area contributed by atoms with Crippen molar-refractivity contribution in [3.63, 3.8) is 0 Å². The molecular formula is C23H20N2O3S. The van der Waals surface area contributed by atoms with Gasteiger partial charge in [0.15, 0.2) is 5.60 Å². The lowest BCUT2D eigenvalue weighted by Crippen LogP contribution is -2.53. The monoisotopic (exact) mass is 404 g/mol. The molecule has 2 aliphatic heterocycles. The fraction of sp³-hybridized carbons (Fsp3) is 0.261. The lowest BCUT2D eigenvalue weighted by Gasteiger charge is -2.36. The van der Waals surface area contributed by atoms with Gasteiger partial charge >= 0.3 is 5.97 Å². The molecule has 3 aromatic rings. The maximum atomic E-state index is 13.4. The highest BCUT2D eigenvalue weighted by Crippen LogP contribution is 2.36. The van der Waals surface area contributed by atoms with Gasteiger partial charge in [-0.05, 0) is 49.6 Å². The first-order chi connectivity index (χ1) is 13.9. The fourth-order valence-corrected chi connectivity index (χ4v) is 4.83. The third kappa shape index (κ3) is 2.95. The number of ether oxygens (including phenoxy) is 1. The summed E-state index contributed by atoms with van der Waals surface area (Å²) in [6.45, 7) is 4.29. The van der Waals surface area contributed by atoms with Crippen LogP contribution in [0.5, 0.6) is 0 Å². The number of aryl methyl sites for hydroxylation is 1. The molecule has 0 aliphatic carbocycles. The van der Waals surface area contributed by atoms with Crippen LogP contribution in [0.15, 0.2) is 47.8 Å². The molecule has 5 rings (SSSR count). The van der Waals surface area contributed by atoms with Crippen LogP contribution >= 0.6 is 11.3 Å². The molecular weight excluding hydrogens is 384 g/mol. The van der Waals surface area contributed by atoms with Crippen LogP contribution in [0.4, 0.5) is 5.69 Å². The molecule has 29 heavy (non-hydrogen) atoms. The maximum Gasteiger partial charge on any atom is 0.339 e. The third-order valence-corrected chi connectivity index (χ3v) is 6.44. The Balaban J connectivity index is 1.45. The Morgan fingerprint density at radius 1 is 1.21 bits per heavy atom. The quantitative estimate of drug-likeness (QED) is 0.601. The van der Waals surface area contributed by atoms with Crippen molar-refractivity contribution in [2.45, 2.75) is 32.3 Å². The predicted octanol–water partition coefficient (Wildman–Crippen LogP) is 4.18. The second kappa shape index (κ2) is 6.52. The van der Waals surface area contributed by atoms with Crippen molar-refractivity contribution in [3.05, 3.63) is 69.5 Å². The number of hydrogen-bond acceptors (Lipinski definition) is 5. The van der Waals surface area contributed by atoms with Gasteiger partial charge in [-0.3, -0.25) is 4.79 Å². The minimum Gasteiger partial charge on any atom is -0.445 e. The minimum absolute atomic E-state index is 0.170. The number of carbonyl (C=O) groups is 2. The zero-order valence-electron chi connectivity index (χ0n) is 16.3. The Hall–Kier alpha value is -2.99. The number of hydrogen-bond donors (Lipinski definition) is 0. The number of fused-ring (bicyclic) bond motifs is 2. The van der Waals surface area contributed by atoms with Crippen molar-refractivity contribution in [1.82, 2.24) is 4.98 Å². The van der Waals surface area contributed by atoms with Gasteiger partial charge in [-0.25, -0.2) is 9.78 Å². The normalized spacial score (nSPS) is 20.2. The van der Waals surface area contributed by atoms with Gasteiger partial charge in [0.1, 0.15) is 0 Å². The number of amides is 1. The highest BCUT2D eigenvalue weighted by Gasteiger charge is 2.46. The minimum atomic E-state index is -1.20. The summed E-state index contributed by atoms with van der Waals surface area (Å²) < 4.78 is 5.65. The van der Waals surface area contributed by atoms with Crippen LogP contribution < -0.4 is 4.90 Å². The molecule has 0 N–H and O–H groups in total. The number of benzene rings is 2. The zero-order valence-corrected chi connectivity index (χ0v) is 17.1. The van der Waals surface area contributed by atoms with Gasteiger partial charge in [-0.1, -0.05) is 24.3 Å². The van der Waals surface area contributed by atoms with Crippen molar-refractivity contribution in [1.29, 1.82) is 0 Å². The summed E-state index contributed by atoms with van der Waals surface area (Å²) in [4.78, 5) is 32.2. The Morgan fingerprint density at radius 3 is 2.83 bits per heavy atom. The SMILES string of the molecule is Cc1nc(-c2ccc3c(c2)CCN3C(=O)[C@]2(C)Cc3ccccc3C(=O)O2)cs1. The fourth-order valence-electron chi connectivity index (χ4n) is 4.21. The van der Waals surface area contributed by atoms with Gasteiger partial charge in [0.2, 0.25) is 0 Å². The topological polar surface area (TPSA) is 59.5 Å². The average molecular weight is 404 g/mol. The Morgan fingerprint density at radius 2 is 2.03 bits per heavy atom. The Labute approximate surface area is 173 Å². The van der Waals surface area contributed by atoms with Crippen LogP contribution in [0, 0.1) is 6.92 Å². The summed E-state index contributed by atoms with van der Waals surface area (Å²) >= 11 is 1.63. The van der Waals surface area contributed by atoms with Crippen molar-refractivity contribution in [2.24, 2.45) is 0 Å². The standard InChI is InChI=1S/C23H20N2O3S/c1-14-24-19(13-29-14)15-7-8-20-16(11-15)9-10-25(20)22(27)23(2)12-17-5-3-4-6-18(17)21(26)28-23/h3-8,11,13H,9-10,12H2,1-2H3/t23-/m0/s1. The van der Waals surface area contributed by atoms with E-state index in [4.69, 9.17) is 4.74 Å². The second-order valence-corrected chi connectivity index (χ2v) is 8.82. The summed E-state index contributed by atoms with van der Waals surface area (Å²) in [5, 5.41) is 3.08. The number of thiazole rings is 1. The van der Waals surface area contributed by atoms with Gasteiger partial charge in [0.05, 0.1) is 16.3 Å². The summed E-state index contributed by atoms with van der Waals surface area (Å²) in [7, 11) is 0. The van der Waals surface area contributed by atoms with Gasteiger partial charge in [-0.15, -0.1) is 11.3 Å². The van der Waals surface area contributed by atoms with Crippen molar-refractivity contribution >= 4 is 28.9 Å². The Bertz CT molecular complexity index is 1150. The van der Waals surface area contributed by atoms with E-state index in [0.717, 1.165) is 39.5 Å². The molecule has 0 saturated heterocycles. The van der Waals surface area contributed by atoms with Gasteiger partial charge < -0.3 is 9.64 Å². The number of anilines is 1. The molecule has 0 unspecified atom stereocenters. The van der Waals surface area contributed by atoms with E-state index in [1.165, 1.54) is 0 Å². The number of aromatic nitrogens is 1. The molecule has 5 nitrogen and oxygen atoms in total. The van der Waals surface area contributed by atoms with E-state index in [1.807, 2.05) is 37.3 Å². The summed E-state index contributed by atoms with van der Waals surface area (Å²) in [5.41, 5.74) is 4.24. The number of cyclic esters (lactones) is 1. The van der Waals surface area contributed by atoms with Gasteiger partial charge in [0, 0.05) is 29.6 Å². The summed E-state index contributed by atoms with van der Waals surface area (Å²) in [6.07, 6.45) is 1.16. The van der Waals surface area contributed by atoms with E-state index < -0.39 is 11.6 Å². The largest absolute Gasteiger partial charge is 0.445 e. The molecule has 146 valence electrons. The lowest BCUT2D eigenvalue weighted by molar-refractivity contribution is -0.136. The van der Waals surface area contributed by atoms with Crippen molar-refractivity contribution in [3.8, 4) is 11.3 Å². The number of carbonyl (C=O) groups excluding carboxylic acids is 2. The Kier molecular flexibility index (Phi) is 4.06. The molecule has 3 heterocycles. The van der Waals surface area contributed by atoms with Crippen LogP contribution in [-0.2, 0) is 22.4 Å². The van der Waals surface area contributed by atoms with Crippen molar-refractivity contribution < 1.29 is 14.3 Å². The first-order valence-corrected chi connectivity index (χ1v) is 10.5. The van der Waals surface area contributed by atoms with Gasteiger partial charge in [0.25, 0.3) is 5.91 Å². The van der Waals surface area contributed by atoms with Crippen LogP contribution in [0.1, 0.15) is 33.4 Å². The van der Waals surface area contributed by atoms with E-state index in [-0.39, 0.29) is 5.91 Å². The number of rotatable bonds is 2. The van der Waals surface area contributed by atoms with Crippen LogP contribution in [-0.4, -0.2) is 29.0 Å². The van der Waals surface area contributed by atoms with E-state index in [0.29, 0.717) is 18.5 Å². The predicted molar refractivity (Wildman–Crippen MR) is 112 cm³/mol. The lowest BCUT2D eigenvalue weighted by atomic mass is 9.89. The molecule has 0 fully saturated rings. The van der Waals surface area contributed by atoms with E-state index in [1.54, 1.807) is 29.2 Å². The van der Waals surface area contributed by atoms with E-state index >= 15 is 0 Å². The number of nitrogens with zero attached hydrogens (tertiary/aromatic N) is 2. The molecule has 0 bridgehead atoms. The van der Waals surface area contributed by atoms with Crippen molar-refractivity contribution in [2.75, 3.05) is 11.4 Å². The average Bonchev–Trinajstić information content (AvgIpc) is 3.33. The molecule has 1 atom stereocenters. The molecule has 2 aromatic carbocycles. The molecule has 0 saturated carbocycles. The third-order valence-electron chi connectivity index (χ3n) is 5.67. The zero-order chi connectivity index (χ0) is 20.2. The number of esters is 1. The summed E-state index contributed by atoms with van der Waals surface area (Å²) in [5.74, 6) is -0.604. The van der Waals surface area contributed by atoms with E-state index in [9.17, 15) is 9.59 Å². The highest BCUT2D eigenvalue weighted by molar-refractivity contribution is 7.09. The second-order valence-electron chi connectivity index (χ2n) is 7.76. The molecule has 2 aliphatic rings. The first-order valence-electron chi connectivity index (χ1n) is 9.63. The smallest absolute Gasteiger partial charge is 0.339 e. The molecule has 0 spiro atoms. The molecule has 1 aromatic heterocycles. The molecule has 1 amide bonds. The van der Waals surface area contributed by atoms with Gasteiger partial charge in [-0.2, -0.15) is 0 Å². The molecule has 0 radical (unpaired) electrons.